The van der Waals surface area contributed by atoms with Crippen LogP contribution in [0.3, 0.4) is 0 Å². The van der Waals surface area contributed by atoms with Crippen molar-refractivity contribution in [1.82, 2.24) is 0 Å². The molecule has 1 unspecified atom stereocenters. The van der Waals surface area contributed by atoms with Crippen LogP contribution in [-0.4, -0.2) is 30.2 Å². The molecule has 1 heterocycles. The highest BCUT2D eigenvalue weighted by molar-refractivity contribution is 5.83. The number of ether oxygens (including phenoxy) is 2. The molecule has 0 amide bonds. The van der Waals surface area contributed by atoms with Crippen molar-refractivity contribution in [3.05, 3.63) is 29.8 Å². The van der Waals surface area contributed by atoms with Crippen LogP contribution in [0.25, 0.3) is 0 Å². The average molecular weight is 277 g/mol. The van der Waals surface area contributed by atoms with Crippen LogP contribution < -0.4 is 4.74 Å². The Kier molecular flexibility index (Phi) is 5.87. The van der Waals surface area contributed by atoms with Gasteiger partial charge in [0.15, 0.2) is 0 Å². The van der Waals surface area contributed by atoms with E-state index in [9.17, 15) is 0 Å². The van der Waals surface area contributed by atoms with Crippen LogP contribution in [0.2, 0.25) is 0 Å². The predicted molar refractivity (Wildman–Crippen MR) is 78.7 cm³/mol. The van der Waals surface area contributed by atoms with Gasteiger partial charge in [0.2, 0.25) is 0 Å². The van der Waals surface area contributed by atoms with E-state index in [2.05, 4.69) is 5.16 Å². The fourth-order valence-electron chi connectivity index (χ4n) is 2.41. The van der Waals surface area contributed by atoms with Gasteiger partial charge in [0, 0.05) is 13.0 Å². The molecular weight excluding hydrogens is 254 g/mol. The van der Waals surface area contributed by atoms with Crippen molar-refractivity contribution in [3.8, 4) is 5.75 Å². The monoisotopic (exact) mass is 277 g/mol. The van der Waals surface area contributed by atoms with Gasteiger partial charge in [-0.25, -0.2) is 0 Å². The molecule has 1 aromatic carbocycles. The standard InChI is InChI=1S/C16H23NO3/c1-13(17-18)12-14-6-8-16(9-7-14)20-11-3-5-15-4-2-10-19-15/h6-9,15,18H,2-5,10-12H2,1H3/b17-13-. The van der Waals surface area contributed by atoms with Crippen LogP contribution in [0.4, 0.5) is 0 Å². The van der Waals surface area contributed by atoms with Crippen molar-refractivity contribution < 1.29 is 14.7 Å². The highest BCUT2D eigenvalue weighted by atomic mass is 16.5. The van der Waals surface area contributed by atoms with Crippen LogP contribution in [0.1, 0.15) is 38.2 Å². The molecule has 1 saturated heterocycles. The fraction of sp³-hybridized carbons (Fsp3) is 0.562. The molecular formula is C16H23NO3. The summed E-state index contributed by atoms with van der Waals surface area (Å²) in [6.45, 7) is 3.45. The van der Waals surface area contributed by atoms with E-state index in [-0.39, 0.29) is 0 Å². The van der Waals surface area contributed by atoms with Gasteiger partial charge in [-0.1, -0.05) is 17.3 Å². The van der Waals surface area contributed by atoms with E-state index < -0.39 is 0 Å². The van der Waals surface area contributed by atoms with Crippen molar-refractivity contribution in [2.75, 3.05) is 13.2 Å². The molecule has 1 N–H and O–H groups in total. The lowest BCUT2D eigenvalue weighted by atomic mass is 10.1. The highest BCUT2D eigenvalue weighted by Crippen LogP contribution is 2.18. The van der Waals surface area contributed by atoms with Gasteiger partial charge in [0.25, 0.3) is 0 Å². The van der Waals surface area contributed by atoms with Crippen molar-refractivity contribution in [1.29, 1.82) is 0 Å². The lowest BCUT2D eigenvalue weighted by Gasteiger charge is -2.10. The molecule has 1 atom stereocenters. The molecule has 0 aliphatic carbocycles. The Hall–Kier alpha value is -1.55. The van der Waals surface area contributed by atoms with Gasteiger partial charge in [0.05, 0.1) is 18.4 Å². The third-order valence-electron chi connectivity index (χ3n) is 3.52. The van der Waals surface area contributed by atoms with Gasteiger partial charge in [-0.15, -0.1) is 0 Å². The van der Waals surface area contributed by atoms with Crippen LogP contribution in [-0.2, 0) is 11.2 Å². The predicted octanol–water partition coefficient (Wildman–Crippen LogP) is 3.42. The quantitative estimate of drug-likeness (QED) is 0.359. The maximum atomic E-state index is 8.64. The zero-order valence-corrected chi connectivity index (χ0v) is 12.0. The number of oxime groups is 1. The molecule has 4 nitrogen and oxygen atoms in total. The van der Waals surface area contributed by atoms with E-state index in [0.29, 0.717) is 18.2 Å². The van der Waals surface area contributed by atoms with Gasteiger partial charge >= 0.3 is 0 Å². The van der Waals surface area contributed by atoms with Gasteiger partial charge in [0.1, 0.15) is 5.75 Å². The van der Waals surface area contributed by atoms with E-state index in [1.54, 1.807) is 6.92 Å². The number of hydrogen-bond donors (Lipinski definition) is 1. The van der Waals surface area contributed by atoms with Crippen molar-refractivity contribution >= 4 is 5.71 Å². The van der Waals surface area contributed by atoms with Crippen LogP contribution >= 0.6 is 0 Å². The summed E-state index contributed by atoms with van der Waals surface area (Å²) in [4.78, 5) is 0. The van der Waals surface area contributed by atoms with Crippen molar-refractivity contribution in [2.24, 2.45) is 5.16 Å². The van der Waals surface area contributed by atoms with Crippen LogP contribution in [0.15, 0.2) is 29.4 Å². The summed E-state index contributed by atoms with van der Waals surface area (Å²) in [5.74, 6) is 0.889. The fourth-order valence-corrected chi connectivity index (χ4v) is 2.41. The SMILES string of the molecule is C/C(Cc1ccc(OCCCC2CCCO2)cc1)=N/O. The maximum Gasteiger partial charge on any atom is 0.119 e. The van der Waals surface area contributed by atoms with Gasteiger partial charge < -0.3 is 14.7 Å². The van der Waals surface area contributed by atoms with Crippen molar-refractivity contribution in [3.63, 3.8) is 0 Å². The van der Waals surface area contributed by atoms with E-state index in [0.717, 1.165) is 37.4 Å². The van der Waals surface area contributed by atoms with Gasteiger partial charge in [-0.3, -0.25) is 0 Å². The Morgan fingerprint density at radius 2 is 2.20 bits per heavy atom. The first-order chi connectivity index (χ1) is 9.78. The topological polar surface area (TPSA) is 51.0 Å². The maximum absolute atomic E-state index is 8.64. The minimum absolute atomic E-state index is 0.446. The molecule has 0 aromatic heterocycles. The molecule has 4 heteroatoms. The number of benzene rings is 1. The highest BCUT2D eigenvalue weighted by Gasteiger charge is 2.14. The van der Waals surface area contributed by atoms with Gasteiger partial charge in [-0.2, -0.15) is 0 Å². The average Bonchev–Trinajstić information content (AvgIpc) is 2.98. The molecule has 0 saturated carbocycles. The van der Waals surface area contributed by atoms with Gasteiger partial charge in [-0.05, 0) is 50.3 Å². The number of hydrogen-bond acceptors (Lipinski definition) is 4. The molecule has 1 fully saturated rings. The Bertz CT molecular complexity index is 422. The first-order valence-corrected chi connectivity index (χ1v) is 7.29. The molecule has 0 radical (unpaired) electrons. The zero-order valence-electron chi connectivity index (χ0n) is 12.0. The molecule has 1 aliphatic heterocycles. The second-order valence-corrected chi connectivity index (χ2v) is 5.28. The molecule has 0 bridgehead atoms. The third kappa shape index (κ3) is 4.85. The molecule has 1 aromatic rings. The summed E-state index contributed by atoms with van der Waals surface area (Å²) in [7, 11) is 0. The summed E-state index contributed by atoms with van der Waals surface area (Å²) < 4.78 is 11.3. The largest absolute Gasteiger partial charge is 0.494 e. The Balaban J connectivity index is 1.67. The Morgan fingerprint density at radius 1 is 1.40 bits per heavy atom. The lowest BCUT2D eigenvalue weighted by molar-refractivity contribution is 0.0981. The van der Waals surface area contributed by atoms with Crippen LogP contribution in [0.5, 0.6) is 5.75 Å². The Morgan fingerprint density at radius 3 is 2.85 bits per heavy atom. The first-order valence-electron chi connectivity index (χ1n) is 7.29. The van der Waals surface area contributed by atoms with E-state index in [4.69, 9.17) is 14.7 Å². The zero-order chi connectivity index (χ0) is 14.2. The lowest BCUT2D eigenvalue weighted by Crippen LogP contribution is -2.07. The molecule has 110 valence electrons. The van der Waals surface area contributed by atoms with E-state index in [1.165, 1.54) is 12.8 Å². The minimum atomic E-state index is 0.446. The minimum Gasteiger partial charge on any atom is -0.494 e. The Labute approximate surface area is 120 Å². The summed E-state index contributed by atoms with van der Waals surface area (Å²) >= 11 is 0. The number of nitrogens with zero attached hydrogens (tertiary/aromatic N) is 1. The van der Waals surface area contributed by atoms with E-state index >= 15 is 0 Å². The first kappa shape index (κ1) is 14.9. The van der Waals surface area contributed by atoms with Crippen molar-refractivity contribution in [2.45, 2.75) is 45.1 Å². The number of rotatable bonds is 7. The molecule has 0 spiro atoms. The molecule has 1 aliphatic rings. The summed E-state index contributed by atoms with van der Waals surface area (Å²) in [6, 6.07) is 7.94. The summed E-state index contributed by atoms with van der Waals surface area (Å²) in [5.41, 5.74) is 1.82. The normalized spacial score (nSPS) is 19.2. The summed E-state index contributed by atoms with van der Waals surface area (Å²) in [5, 5.41) is 11.8. The van der Waals surface area contributed by atoms with E-state index in [1.807, 2.05) is 24.3 Å². The second kappa shape index (κ2) is 7.90. The van der Waals surface area contributed by atoms with Crippen LogP contribution in [0, 0.1) is 0 Å². The second-order valence-electron chi connectivity index (χ2n) is 5.28. The molecule has 20 heavy (non-hydrogen) atoms. The molecule has 2 rings (SSSR count). The summed E-state index contributed by atoms with van der Waals surface area (Å²) in [6.07, 6.45) is 5.62. The smallest absolute Gasteiger partial charge is 0.119 e. The third-order valence-corrected chi connectivity index (χ3v) is 3.52.